The van der Waals surface area contributed by atoms with E-state index in [9.17, 15) is 4.79 Å². The van der Waals surface area contributed by atoms with Gasteiger partial charge in [0.1, 0.15) is 0 Å². The second-order valence-corrected chi connectivity index (χ2v) is 4.57. The Hall–Kier alpha value is -0.570. The van der Waals surface area contributed by atoms with Gasteiger partial charge >= 0.3 is 5.97 Å². The summed E-state index contributed by atoms with van der Waals surface area (Å²) in [5, 5.41) is 11.8. The fourth-order valence-electron chi connectivity index (χ4n) is 2.43. The summed E-state index contributed by atoms with van der Waals surface area (Å²) in [6, 6.07) is 0.417. The second-order valence-electron chi connectivity index (χ2n) is 4.57. The van der Waals surface area contributed by atoms with E-state index in [1.165, 1.54) is 19.3 Å². The summed E-state index contributed by atoms with van der Waals surface area (Å²) in [4.78, 5) is 10.5. The summed E-state index contributed by atoms with van der Waals surface area (Å²) >= 11 is 0. The maximum absolute atomic E-state index is 10.5. The number of carboxylic acids is 1. The van der Waals surface area contributed by atoms with Crippen LogP contribution in [0.3, 0.4) is 0 Å². The topological polar surface area (TPSA) is 49.3 Å². The molecule has 0 aromatic carbocycles. The lowest BCUT2D eigenvalue weighted by Crippen LogP contribution is -2.42. The van der Waals surface area contributed by atoms with Crippen LogP contribution in [0.1, 0.15) is 39.5 Å². The van der Waals surface area contributed by atoms with Crippen LogP contribution < -0.4 is 5.32 Å². The van der Waals surface area contributed by atoms with Crippen molar-refractivity contribution < 1.29 is 9.90 Å². The minimum absolute atomic E-state index is 0.105. The summed E-state index contributed by atoms with van der Waals surface area (Å²) in [5.41, 5.74) is 0. The smallest absolute Gasteiger partial charge is 0.317 e. The first-order valence-electron chi connectivity index (χ1n) is 5.56. The van der Waals surface area contributed by atoms with E-state index in [0.717, 1.165) is 6.42 Å². The average Bonchev–Trinajstić information content (AvgIpc) is 2.15. The minimum Gasteiger partial charge on any atom is -0.480 e. The molecule has 1 fully saturated rings. The molecule has 0 spiro atoms. The van der Waals surface area contributed by atoms with Gasteiger partial charge in [-0.2, -0.15) is 0 Å². The first-order chi connectivity index (χ1) is 6.61. The lowest BCUT2D eigenvalue weighted by molar-refractivity contribution is -0.136. The Morgan fingerprint density at radius 2 is 2.07 bits per heavy atom. The van der Waals surface area contributed by atoms with Crippen LogP contribution >= 0.6 is 0 Å². The third-order valence-corrected chi connectivity index (χ3v) is 3.19. The van der Waals surface area contributed by atoms with Gasteiger partial charge in [-0.3, -0.25) is 4.79 Å². The van der Waals surface area contributed by atoms with Gasteiger partial charge in [-0.15, -0.1) is 0 Å². The fraction of sp³-hybridized carbons (Fsp3) is 0.909. The first kappa shape index (κ1) is 11.5. The van der Waals surface area contributed by atoms with Crippen molar-refractivity contribution in [2.24, 2.45) is 11.8 Å². The van der Waals surface area contributed by atoms with Gasteiger partial charge in [0.15, 0.2) is 0 Å². The zero-order valence-electron chi connectivity index (χ0n) is 9.12. The molecule has 1 rings (SSSR count). The van der Waals surface area contributed by atoms with Crippen LogP contribution in [0.15, 0.2) is 0 Å². The number of hydrogen-bond donors (Lipinski definition) is 2. The maximum Gasteiger partial charge on any atom is 0.317 e. The van der Waals surface area contributed by atoms with Crippen molar-refractivity contribution in [1.29, 1.82) is 0 Å². The maximum atomic E-state index is 10.5. The molecule has 0 amide bonds. The lowest BCUT2D eigenvalue weighted by Gasteiger charge is -2.34. The van der Waals surface area contributed by atoms with Crippen molar-refractivity contribution in [1.82, 2.24) is 5.32 Å². The Morgan fingerprint density at radius 3 is 2.64 bits per heavy atom. The van der Waals surface area contributed by atoms with Crippen LogP contribution in [0.25, 0.3) is 0 Å². The average molecular weight is 199 g/mol. The van der Waals surface area contributed by atoms with E-state index in [-0.39, 0.29) is 6.54 Å². The molecule has 0 heterocycles. The molecular weight excluding hydrogens is 178 g/mol. The fourth-order valence-corrected chi connectivity index (χ4v) is 2.43. The van der Waals surface area contributed by atoms with Gasteiger partial charge in [0.25, 0.3) is 0 Å². The Balaban J connectivity index is 2.41. The standard InChI is InChI=1S/C11H21NO2/c1-8(2)9-5-3-4-6-10(9)12-7-11(13)14/h8-10,12H,3-7H2,1-2H3,(H,13,14). The van der Waals surface area contributed by atoms with Crippen LogP contribution in [0, 0.1) is 11.8 Å². The number of carbonyl (C=O) groups is 1. The van der Waals surface area contributed by atoms with Crippen molar-refractivity contribution in [2.45, 2.75) is 45.6 Å². The van der Waals surface area contributed by atoms with Crippen LogP contribution in [-0.2, 0) is 4.79 Å². The van der Waals surface area contributed by atoms with Crippen LogP contribution in [0.2, 0.25) is 0 Å². The molecule has 2 N–H and O–H groups in total. The zero-order valence-corrected chi connectivity index (χ0v) is 9.12. The van der Waals surface area contributed by atoms with Gasteiger partial charge < -0.3 is 10.4 Å². The van der Waals surface area contributed by atoms with Crippen LogP contribution in [-0.4, -0.2) is 23.7 Å². The number of aliphatic carboxylic acids is 1. The largest absolute Gasteiger partial charge is 0.480 e. The second kappa shape index (κ2) is 5.35. The highest BCUT2D eigenvalue weighted by Crippen LogP contribution is 2.29. The molecular formula is C11H21NO2. The molecule has 0 radical (unpaired) electrons. The Bertz CT molecular complexity index is 192. The van der Waals surface area contributed by atoms with E-state index in [2.05, 4.69) is 19.2 Å². The normalized spacial score (nSPS) is 27.9. The zero-order chi connectivity index (χ0) is 10.6. The van der Waals surface area contributed by atoms with Gasteiger partial charge in [0.05, 0.1) is 6.54 Å². The summed E-state index contributed by atoms with van der Waals surface area (Å²) < 4.78 is 0. The monoisotopic (exact) mass is 199 g/mol. The third-order valence-electron chi connectivity index (χ3n) is 3.19. The van der Waals surface area contributed by atoms with Crippen molar-refractivity contribution in [3.8, 4) is 0 Å². The van der Waals surface area contributed by atoms with Crippen molar-refractivity contribution >= 4 is 5.97 Å². The third kappa shape index (κ3) is 3.29. The highest BCUT2D eigenvalue weighted by Gasteiger charge is 2.27. The van der Waals surface area contributed by atoms with E-state index in [0.29, 0.717) is 17.9 Å². The Morgan fingerprint density at radius 1 is 1.43 bits per heavy atom. The summed E-state index contributed by atoms with van der Waals surface area (Å²) in [5.74, 6) is 0.558. The van der Waals surface area contributed by atoms with Gasteiger partial charge in [-0.05, 0) is 24.7 Å². The molecule has 1 aliphatic rings. The van der Waals surface area contributed by atoms with Gasteiger partial charge in [-0.1, -0.05) is 26.7 Å². The number of carboxylic acid groups (broad SMARTS) is 1. The molecule has 3 heteroatoms. The molecule has 2 unspecified atom stereocenters. The van der Waals surface area contributed by atoms with E-state index in [1.807, 2.05) is 0 Å². The number of rotatable bonds is 4. The highest BCUT2D eigenvalue weighted by molar-refractivity contribution is 5.69. The van der Waals surface area contributed by atoms with Crippen molar-refractivity contribution in [3.05, 3.63) is 0 Å². The quantitative estimate of drug-likeness (QED) is 0.726. The summed E-state index contributed by atoms with van der Waals surface area (Å²) in [6.45, 7) is 4.56. The minimum atomic E-state index is -0.752. The highest BCUT2D eigenvalue weighted by atomic mass is 16.4. The molecule has 82 valence electrons. The molecule has 0 aliphatic heterocycles. The van der Waals surface area contributed by atoms with E-state index >= 15 is 0 Å². The predicted octanol–water partition coefficient (Wildman–Crippen LogP) is 1.88. The van der Waals surface area contributed by atoms with Gasteiger partial charge in [-0.25, -0.2) is 0 Å². The molecule has 1 aliphatic carbocycles. The first-order valence-corrected chi connectivity index (χ1v) is 5.56. The van der Waals surface area contributed by atoms with E-state index in [1.54, 1.807) is 0 Å². The van der Waals surface area contributed by atoms with Crippen molar-refractivity contribution in [2.75, 3.05) is 6.54 Å². The summed E-state index contributed by atoms with van der Waals surface area (Å²) in [7, 11) is 0. The van der Waals surface area contributed by atoms with Crippen molar-refractivity contribution in [3.63, 3.8) is 0 Å². The van der Waals surface area contributed by atoms with Crippen LogP contribution in [0.5, 0.6) is 0 Å². The van der Waals surface area contributed by atoms with Gasteiger partial charge in [0.2, 0.25) is 0 Å². The lowest BCUT2D eigenvalue weighted by atomic mass is 9.78. The van der Waals surface area contributed by atoms with E-state index in [4.69, 9.17) is 5.11 Å². The summed E-state index contributed by atoms with van der Waals surface area (Å²) in [6.07, 6.45) is 4.92. The van der Waals surface area contributed by atoms with Gasteiger partial charge in [0, 0.05) is 6.04 Å². The molecule has 0 saturated heterocycles. The predicted molar refractivity (Wildman–Crippen MR) is 56.2 cm³/mol. The number of nitrogens with one attached hydrogen (secondary N) is 1. The Labute approximate surface area is 85.9 Å². The molecule has 0 bridgehead atoms. The molecule has 3 nitrogen and oxygen atoms in total. The molecule has 0 aromatic rings. The molecule has 2 atom stereocenters. The molecule has 0 aromatic heterocycles. The molecule has 1 saturated carbocycles. The molecule has 14 heavy (non-hydrogen) atoms. The number of hydrogen-bond acceptors (Lipinski definition) is 2. The SMILES string of the molecule is CC(C)C1CCCCC1NCC(=O)O. The van der Waals surface area contributed by atoms with Crippen LogP contribution in [0.4, 0.5) is 0 Å². The Kier molecular flexibility index (Phi) is 4.39. The van der Waals surface area contributed by atoms with E-state index < -0.39 is 5.97 Å².